The summed E-state index contributed by atoms with van der Waals surface area (Å²) < 4.78 is 52.1. The van der Waals surface area contributed by atoms with E-state index in [0.29, 0.717) is 5.56 Å². The topological polar surface area (TPSA) is 68.3 Å². The van der Waals surface area contributed by atoms with Crippen LogP contribution in [-0.4, -0.2) is 20.9 Å². The van der Waals surface area contributed by atoms with Crippen LogP contribution in [0, 0.1) is 17.8 Å². The van der Waals surface area contributed by atoms with Crippen molar-refractivity contribution in [3.63, 3.8) is 0 Å². The first-order valence-corrected chi connectivity index (χ1v) is 12.0. The molecule has 0 spiro atoms. The molecule has 1 aliphatic carbocycles. The van der Waals surface area contributed by atoms with E-state index in [0.717, 1.165) is 0 Å². The first kappa shape index (κ1) is 19.4. The third kappa shape index (κ3) is 3.17. The molecule has 4 rings (SSSR count). The second-order valence-electron chi connectivity index (χ2n) is 6.84. The fourth-order valence-corrected chi connectivity index (χ4v) is 8.62. The lowest BCUT2D eigenvalue weighted by molar-refractivity contribution is 0.570. The van der Waals surface area contributed by atoms with Crippen molar-refractivity contribution in [2.24, 2.45) is 5.92 Å². The Kier molecular flexibility index (Phi) is 4.81. The van der Waals surface area contributed by atoms with Gasteiger partial charge in [0.1, 0.15) is 0 Å². The Bertz CT molecular complexity index is 1220. The molecule has 1 aliphatic rings. The highest BCUT2D eigenvalue weighted by molar-refractivity contribution is 8.11. The lowest BCUT2D eigenvalue weighted by Crippen LogP contribution is -2.35. The van der Waals surface area contributed by atoms with E-state index in [1.807, 2.05) is 18.2 Å². The van der Waals surface area contributed by atoms with Gasteiger partial charge < -0.3 is 0 Å². The molecule has 0 aromatic heterocycles. The van der Waals surface area contributed by atoms with E-state index in [2.05, 4.69) is 11.8 Å². The second kappa shape index (κ2) is 7.18. The van der Waals surface area contributed by atoms with Crippen LogP contribution in [-0.2, 0) is 19.7 Å². The normalized spacial score (nSPS) is 17.7. The molecule has 1 saturated carbocycles. The number of hydrogen-bond acceptors (Lipinski definition) is 4. The Labute approximate surface area is 171 Å². The van der Waals surface area contributed by atoms with Crippen LogP contribution in [0.1, 0.15) is 12.0 Å². The van der Waals surface area contributed by atoms with Gasteiger partial charge in [0.2, 0.25) is 0 Å². The van der Waals surface area contributed by atoms with Crippen molar-refractivity contribution < 1.29 is 16.8 Å². The summed E-state index contributed by atoms with van der Waals surface area (Å²) in [5.74, 6) is 5.03. The van der Waals surface area contributed by atoms with E-state index in [9.17, 15) is 16.8 Å². The lowest BCUT2D eigenvalue weighted by Gasteiger charge is -2.18. The fourth-order valence-electron chi connectivity index (χ4n) is 3.42. The van der Waals surface area contributed by atoms with E-state index >= 15 is 0 Å². The molecule has 6 heteroatoms. The van der Waals surface area contributed by atoms with Gasteiger partial charge in [-0.05, 0) is 42.8 Å². The van der Waals surface area contributed by atoms with Crippen LogP contribution >= 0.6 is 0 Å². The zero-order chi connectivity index (χ0) is 20.5. The molecular formula is C23H18O4S2. The van der Waals surface area contributed by atoms with Crippen LogP contribution in [0.5, 0.6) is 0 Å². The quantitative estimate of drug-likeness (QED) is 0.601. The highest BCUT2D eigenvalue weighted by Gasteiger charge is 2.72. The molecular weight excluding hydrogens is 404 g/mol. The Balaban J connectivity index is 1.86. The van der Waals surface area contributed by atoms with Gasteiger partial charge in [-0.15, -0.1) is 0 Å². The molecule has 0 aliphatic heterocycles. The molecule has 0 saturated heterocycles. The van der Waals surface area contributed by atoms with Crippen LogP contribution in [0.2, 0.25) is 0 Å². The number of rotatable bonds is 4. The van der Waals surface area contributed by atoms with Crippen LogP contribution in [0.3, 0.4) is 0 Å². The highest BCUT2D eigenvalue weighted by Crippen LogP contribution is 2.58. The maximum absolute atomic E-state index is 13.5. The minimum Gasteiger partial charge on any atom is -0.222 e. The molecule has 0 bridgehead atoms. The first-order valence-electron chi connectivity index (χ1n) is 9.05. The molecule has 29 heavy (non-hydrogen) atoms. The summed E-state index contributed by atoms with van der Waals surface area (Å²) in [5, 5.41) is 0. The van der Waals surface area contributed by atoms with Gasteiger partial charge in [-0.1, -0.05) is 66.4 Å². The Morgan fingerprint density at radius 3 is 1.52 bits per heavy atom. The third-order valence-corrected chi connectivity index (χ3v) is 10.9. The first-order chi connectivity index (χ1) is 13.9. The zero-order valence-electron chi connectivity index (χ0n) is 15.4. The van der Waals surface area contributed by atoms with Crippen molar-refractivity contribution in [2.75, 3.05) is 0 Å². The van der Waals surface area contributed by atoms with Gasteiger partial charge in [-0.2, -0.15) is 0 Å². The summed E-state index contributed by atoms with van der Waals surface area (Å²) in [4.78, 5) is -0.0213. The van der Waals surface area contributed by atoms with E-state index in [1.165, 1.54) is 24.3 Å². The van der Waals surface area contributed by atoms with E-state index in [4.69, 9.17) is 0 Å². The monoisotopic (exact) mass is 422 g/mol. The molecule has 0 N–H and O–H groups in total. The van der Waals surface area contributed by atoms with Gasteiger partial charge in [0.05, 0.1) is 15.7 Å². The molecule has 1 unspecified atom stereocenters. The lowest BCUT2D eigenvalue weighted by atomic mass is 10.2. The number of benzene rings is 3. The summed E-state index contributed by atoms with van der Waals surface area (Å²) in [6.07, 6.45) is -0.0543. The summed E-state index contributed by atoms with van der Waals surface area (Å²) >= 11 is 0. The predicted octanol–water partition coefficient (Wildman–Crippen LogP) is 3.70. The molecule has 1 atom stereocenters. The average Bonchev–Trinajstić information content (AvgIpc) is 3.51. The summed E-state index contributed by atoms with van der Waals surface area (Å²) in [5.41, 5.74) is 0.711. The summed E-state index contributed by atoms with van der Waals surface area (Å²) in [6.45, 7) is 0. The van der Waals surface area contributed by atoms with Crippen LogP contribution in [0.15, 0.2) is 101 Å². The van der Waals surface area contributed by atoms with Crippen LogP contribution in [0.4, 0.5) is 0 Å². The maximum atomic E-state index is 13.5. The smallest absolute Gasteiger partial charge is 0.200 e. The highest BCUT2D eigenvalue weighted by atomic mass is 32.3. The molecule has 1 fully saturated rings. The van der Waals surface area contributed by atoms with E-state index in [1.54, 1.807) is 48.5 Å². The van der Waals surface area contributed by atoms with E-state index < -0.39 is 29.7 Å². The third-order valence-electron chi connectivity index (χ3n) is 5.04. The molecule has 4 nitrogen and oxygen atoms in total. The van der Waals surface area contributed by atoms with Crippen molar-refractivity contribution in [3.05, 3.63) is 96.6 Å². The summed E-state index contributed by atoms with van der Waals surface area (Å²) in [6, 6.07) is 24.5. The molecule has 3 aromatic carbocycles. The van der Waals surface area contributed by atoms with Gasteiger partial charge in [0, 0.05) is 5.56 Å². The van der Waals surface area contributed by atoms with Crippen LogP contribution < -0.4 is 0 Å². The predicted molar refractivity (Wildman–Crippen MR) is 111 cm³/mol. The minimum absolute atomic E-state index is 0.0106. The van der Waals surface area contributed by atoms with Crippen molar-refractivity contribution in [1.82, 2.24) is 0 Å². The van der Waals surface area contributed by atoms with Crippen molar-refractivity contribution >= 4 is 19.7 Å². The fraction of sp³-hybridized carbons (Fsp3) is 0.130. The van der Waals surface area contributed by atoms with E-state index in [-0.39, 0.29) is 16.2 Å². The maximum Gasteiger partial charge on any atom is 0.200 e. The largest absolute Gasteiger partial charge is 0.222 e. The number of hydrogen-bond donors (Lipinski definition) is 0. The van der Waals surface area contributed by atoms with Gasteiger partial charge in [0.25, 0.3) is 0 Å². The Hall–Kier alpha value is -2.88. The average molecular weight is 423 g/mol. The standard InChI is InChI=1S/C23H18O4S2/c24-28(25,21-12-6-2-7-13-21)23(29(26,27)22-14-8-3-9-15-22)18-20(23)17-16-19-10-4-1-5-11-19/h1-15,20H,18H2. The molecule has 3 aromatic rings. The van der Waals surface area contributed by atoms with Gasteiger partial charge in [-0.25, -0.2) is 16.8 Å². The molecule has 0 radical (unpaired) electrons. The Morgan fingerprint density at radius 1 is 0.655 bits per heavy atom. The minimum atomic E-state index is -4.18. The van der Waals surface area contributed by atoms with Gasteiger partial charge >= 0.3 is 0 Å². The SMILES string of the molecule is O=S(=O)(c1ccccc1)C1(S(=O)(=O)c2ccccc2)CC1C#Cc1ccccc1. The second-order valence-corrected chi connectivity index (χ2v) is 11.5. The van der Waals surface area contributed by atoms with Crippen LogP contribution in [0.25, 0.3) is 0 Å². The van der Waals surface area contributed by atoms with Crippen molar-refractivity contribution in [3.8, 4) is 11.8 Å². The zero-order valence-corrected chi connectivity index (χ0v) is 17.0. The summed E-state index contributed by atoms with van der Waals surface area (Å²) in [7, 11) is -8.35. The van der Waals surface area contributed by atoms with Gasteiger partial charge in [-0.3, -0.25) is 0 Å². The molecule has 0 amide bonds. The number of sulfone groups is 2. The molecule has 146 valence electrons. The van der Waals surface area contributed by atoms with Crippen molar-refractivity contribution in [1.29, 1.82) is 0 Å². The Morgan fingerprint density at radius 2 is 1.07 bits per heavy atom. The molecule has 0 heterocycles. The van der Waals surface area contributed by atoms with Crippen molar-refractivity contribution in [2.45, 2.75) is 20.3 Å². The van der Waals surface area contributed by atoms with Gasteiger partial charge in [0.15, 0.2) is 23.8 Å².